The topological polar surface area (TPSA) is 38.7 Å². The Labute approximate surface area is 148 Å². The molecule has 3 heterocycles. The van der Waals surface area contributed by atoms with Gasteiger partial charge in [0.05, 0.1) is 10.6 Å². The molecule has 5 heteroatoms. The Balaban J connectivity index is 2.08. The molecule has 0 unspecified atom stereocenters. The van der Waals surface area contributed by atoms with Crippen molar-refractivity contribution in [3.05, 3.63) is 77.4 Å². The molecule has 0 aliphatic rings. The minimum absolute atomic E-state index is 0.354. The lowest BCUT2D eigenvalue weighted by Gasteiger charge is -2.14. The number of rotatable bonds is 3. The SMILES string of the molecule is Clc1nnc(-c2cccs2)c(-c2ccccc2)c1-c1ccccn1. The number of benzene rings is 1. The van der Waals surface area contributed by atoms with Crippen molar-refractivity contribution in [2.75, 3.05) is 0 Å². The van der Waals surface area contributed by atoms with Crippen molar-refractivity contribution < 1.29 is 0 Å². The summed E-state index contributed by atoms with van der Waals surface area (Å²) < 4.78 is 0. The maximum atomic E-state index is 6.44. The van der Waals surface area contributed by atoms with E-state index in [1.807, 2.05) is 53.9 Å². The quantitative estimate of drug-likeness (QED) is 0.484. The van der Waals surface area contributed by atoms with E-state index in [1.54, 1.807) is 17.5 Å². The molecule has 116 valence electrons. The minimum atomic E-state index is 0.354. The van der Waals surface area contributed by atoms with E-state index in [9.17, 15) is 0 Å². The van der Waals surface area contributed by atoms with Crippen LogP contribution in [-0.4, -0.2) is 15.2 Å². The van der Waals surface area contributed by atoms with Gasteiger partial charge >= 0.3 is 0 Å². The third-order valence-corrected chi connectivity index (χ3v) is 4.81. The van der Waals surface area contributed by atoms with Crippen molar-refractivity contribution in [2.45, 2.75) is 0 Å². The fourth-order valence-corrected chi connectivity index (χ4v) is 3.58. The molecule has 1 aromatic carbocycles. The van der Waals surface area contributed by atoms with Crippen LogP contribution < -0.4 is 0 Å². The number of hydrogen-bond acceptors (Lipinski definition) is 4. The highest BCUT2D eigenvalue weighted by molar-refractivity contribution is 7.13. The van der Waals surface area contributed by atoms with Gasteiger partial charge in [-0.1, -0.05) is 54.1 Å². The molecule has 0 amide bonds. The Hall–Kier alpha value is -2.56. The van der Waals surface area contributed by atoms with Crippen LogP contribution in [0.25, 0.3) is 33.0 Å². The highest BCUT2D eigenvalue weighted by atomic mass is 35.5. The van der Waals surface area contributed by atoms with E-state index < -0.39 is 0 Å². The fourth-order valence-electron chi connectivity index (χ4n) is 2.63. The second-order valence-corrected chi connectivity index (χ2v) is 6.45. The molecule has 0 fully saturated rings. The summed E-state index contributed by atoms with van der Waals surface area (Å²) in [7, 11) is 0. The molecule has 3 aromatic heterocycles. The number of halogens is 1. The zero-order valence-corrected chi connectivity index (χ0v) is 14.1. The van der Waals surface area contributed by atoms with Crippen molar-refractivity contribution in [3.63, 3.8) is 0 Å². The predicted molar refractivity (Wildman–Crippen MR) is 99.0 cm³/mol. The summed E-state index contributed by atoms with van der Waals surface area (Å²) in [5.41, 5.74) is 4.41. The van der Waals surface area contributed by atoms with E-state index in [1.165, 1.54) is 0 Å². The summed E-state index contributed by atoms with van der Waals surface area (Å²) in [5, 5.41) is 10.9. The van der Waals surface area contributed by atoms with Crippen LogP contribution in [-0.2, 0) is 0 Å². The highest BCUT2D eigenvalue weighted by Crippen LogP contribution is 2.41. The lowest BCUT2D eigenvalue weighted by Crippen LogP contribution is -1.98. The van der Waals surface area contributed by atoms with E-state index >= 15 is 0 Å². The lowest BCUT2D eigenvalue weighted by molar-refractivity contribution is 1.04. The van der Waals surface area contributed by atoms with Gasteiger partial charge < -0.3 is 0 Å². The second-order valence-electron chi connectivity index (χ2n) is 5.15. The van der Waals surface area contributed by atoms with E-state index in [0.717, 1.165) is 33.0 Å². The van der Waals surface area contributed by atoms with Crippen LogP contribution in [0.1, 0.15) is 0 Å². The highest BCUT2D eigenvalue weighted by Gasteiger charge is 2.20. The Morgan fingerprint density at radius 2 is 1.62 bits per heavy atom. The molecule has 0 N–H and O–H groups in total. The van der Waals surface area contributed by atoms with Gasteiger partial charge in [-0.05, 0) is 29.1 Å². The number of hydrogen-bond donors (Lipinski definition) is 0. The van der Waals surface area contributed by atoms with E-state index in [2.05, 4.69) is 27.3 Å². The number of pyridine rings is 1. The van der Waals surface area contributed by atoms with Crippen LogP contribution >= 0.6 is 22.9 Å². The third kappa shape index (κ3) is 2.70. The molecule has 0 bridgehead atoms. The largest absolute Gasteiger partial charge is 0.256 e. The van der Waals surface area contributed by atoms with Gasteiger partial charge in [-0.25, -0.2) is 0 Å². The molecule has 0 saturated heterocycles. The third-order valence-electron chi connectivity index (χ3n) is 3.67. The molecule has 4 rings (SSSR count). The molecule has 4 aromatic rings. The van der Waals surface area contributed by atoms with Crippen molar-refractivity contribution >= 4 is 22.9 Å². The monoisotopic (exact) mass is 349 g/mol. The van der Waals surface area contributed by atoms with Crippen LogP contribution in [0.2, 0.25) is 5.15 Å². The standard InChI is InChI=1S/C19H12ClN3S/c20-19-17(14-9-4-5-11-21-14)16(13-7-2-1-3-8-13)18(22-23-19)15-10-6-12-24-15/h1-12H. The van der Waals surface area contributed by atoms with Gasteiger partial charge in [0, 0.05) is 17.3 Å². The number of aromatic nitrogens is 3. The second kappa shape index (κ2) is 6.51. The lowest BCUT2D eigenvalue weighted by atomic mass is 9.96. The molecule has 0 atom stereocenters. The Morgan fingerprint density at radius 3 is 2.33 bits per heavy atom. The molecule has 0 aliphatic carbocycles. The molecular weight excluding hydrogens is 338 g/mol. The van der Waals surface area contributed by atoms with Crippen molar-refractivity contribution in [1.29, 1.82) is 0 Å². The maximum Gasteiger partial charge on any atom is 0.161 e. The van der Waals surface area contributed by atoms with E-state index in [0.29, 0.717) is 5.15 Å². The van der Waals surface area contributed by atoms with Crippen LogP contribution in [0.3, 0.4) is 0 Å². The molecular formula is C19H12ClN3S. The predicted octanol–water partition coefficient (Wildman–Crippen LogP) is 5.59. The van der Waals surface area contributed by atoms with Crippen LogP contribution in [0.5, 0.6) is 0 Å². The minimum Gasteiger partial charge on any atom is -0.256 e. The van der Waals surface area contributed by atoms with Crippen molar-refractivity contribution in [2.24, 2.45) is 0 Å². The zero-order valence-electron chi connectivity index (χ0n) is 12.6. The van der Waals surface area contributed by atoms with Gasteiger partial charge in [-0.3, -0.25) is 4.98 Å². The molecule has 24 heavy (non-hydrogen) atoms. The van der Waals surface area contributed by atoms with Gasteiger partial charge in [0.25, 0.3) is 0 Å². The van der Waals surface area contributed by atoms with Crippen molar-refractivity contribution in [3.8, 4) is 33.0 Å². The first kappa shape index (κ1) is 15.0. The first-order valence-electron chi connectivity index (χ1n) is 7.41. The molecule has 3 nitrogen and oxygen atoms in total. The van der Waals surface area contributed by atoms with Gasteiger partial charge in [-0.2, -0.15) is 0 Å². The molecule has 0 spiro atoms. The number of nitrogens with zero attached hydrogens (tertiary/aromatic N) is 3. The van der Waals surface area contributed by atoms with Crippen LogP contribution in [0.15, 0.2) is 72.2 Å². The fraction of sp³-hybridized carbons (Fsp3) is 0. The van der Waals surface area contributed by atoms with Gasteiger partial charge in [0.2, 0.25) is 0 Å². The van der Waals surface area contributed by atoms with Gasteiger partial charge in [0.1, 0.15) is 5.69 Å². The summed E-state index contributed by atoms with van der Waals surface area (Å²) in [6.07, 6.45) is 1.76. The Bertz CT molecular complexity index is 955. The molecule has 0 saturated carbocycles. The first-order valence-corrected chi connectivity index (χ1v) is 8.67. The number of thiophene rings is 1. The normalized spacial score (nSPS) is 10.7. The Morgan fingerprint density at radius 1 is 0.792 bits per heavy atom. The van der Waals surface area contributed by atoms with Crippen LogP contribution in [0.4, 0.5) is 0 Å². The molecule has 0 radical (unpaired) electrons. The average molecular weight is 350 g/mol. The first-order chi connectivity index (χ1) is 11.8. The smallest absolute Gasteiger partial charge is 0.161 e. The summed E-state index contributed by atoms with van der Waals surface area (Å²) in [6.45, 7) is 0. The Kier molecular flexibility index (Phi) is 4.07. The summed E-state index contributed by atoms with van der Waals surface area (Å²) in [5.74, 6) is 0. The van der Waals surface area contributed by atoms with E-state index in [4.69, 9.17) is 11.6 Å². The van der Waals surface area contributed by atoms with Crippen LogP contribution in [0, 0.1) is 0 Å². The van der Waals surface area contributed by atoms with Crippen molar-refractivity contribution in [1.82, 2.24) is 15.2 Å². The summed E-state index contributed by atoms with van der Waals surface area (Å²) in [6, 6.07) is 19.9. The van der Waals surface area contributed by atoms with Gasteiger partial charge in [0.15, 0.2) is 5.15 Å². The average Bonchev–Trinajstić information content (AvgIpc) is 3.17. The summed E-state index contributed by atoms with van der Waals surface area (Å²) >= 11 is 8.07. The van der Waals surface area contributed by atoms with Gasteiger partial charge in [-0.15, -0.1) is 21.5 Å². The van der Waals surface area contributed by atoms with E-state index in [-0.39, 0.29) is 0 Å². The zero-order chi connectivity index (χ0) is 16.4. The molecule has 0 aliphatic heterocycles. The summed E-state index contributed by atoms with van der Waals surface area (Å²) in [4.78, 5) is 5.52. The maximum absolute atomic E-state index is 6.44.